The number of rotatable bonds is 9. The van der Waals surface area contributed by atoms with Crippen LogP contribution >= 0.6 is 0 Å². The number of phenols is 6. The van der Waals surface area contributed by atoms with Gasteiger partial charge in [0, 0.05) is 56.0 Å². The molecule has 240 valence electrons. The van der Waals surface area contributed by atoms with Crippen molar-refractivity contribution in [1.82, 2.24) is 5.32 Å². The number of hydrogen-bond acceptors (Lipinski definition) is 12. The summed E-state index contributed by atoms with van der Waals surface area (Å²) in [6.45, 7) is 3.45. The number of hydrogen-bond donors (Lipinski definition) is 9. The Morgan fingerprint density at radius 1 is 0.889 bits per heavy atom. The van der Waals surface area contributed by atoms with E-state index < -0.39 is 16.9 Å². The van der Waals surface area contributed by atoms with Gasteiger partial charge in [-0.3, -0.25) is 9.59 Å². The first kappa shape index (κ1) is 35.5. The third-order valence-corrected chi connectivity index (χ3v) is 5.89. The molecule has 3 aromatic carbocycles. The highest BCUT2D eigenvalue weighted by atomic mass is 16.5. The van der Waals surface area contributed by atoms with Crippen molar-refractivity contribution in [1.29, 1.82) is 0 Å². The first-order chi connectivity index (χ1) is 21.5. The van der Waals surface area contributed by atoms with Gasteiger partial charge >= 0.3 is 0 Å². The van der Waals surface area contributed by atoms with Crippen LogP contribution in [-0.4, -0.2) is 73.6 Å². The van der Waals surface area contributed by atoms with Crippen LogP contribution in [0.1, 0.15) is 18.1 Å². The number of aliphatic hydroxyl groups excluding tert-OH is 2. The van der Waals surface area contributed by atoms with Gasteiger partial charge in [-0.1, -0.05) is 6.07 Å². The van der Waals surface area contributed by atoms with Crippen molar-refractivity contribution in [2.45, 2.75) is 13.3 Å². The maximum Gasteiger partial charge on any atom is 0.244 e. The van der Waals surface area contributed by atoms with E-state index >= 15 is 0 Å². The monoisotopic (exact) mass is 625 g/mol. The number of phenolic OH excluding ortho intramolecular Hbond substituents is 6. The molecule has 13 nitrogen and oxygen atoms in total. The quantitative estimate of drug-likeness (QED) is 0.0560. The minimum atomic E-state index is -0.542. The molecule has 0 aliphatic rings. The molecule has 4 aromatic rings. The van der Waals surface area contributed by atoms with Crippen molar-refractivity contribution in [3.8, 4) is 45.8 Å². The summed E-state index contributed by atoms with van der Waals surface area (Å²) in [5.74, 6) is -2.00. The molecule has 0 unspecified atom stereocenters. The highest BCUT2D eigenvalue weighted by molar-refractivity contribution is 5.91. The molecule has 0 fully saturated rings. The summed E-state index contributed by atoms with van der Waals surface area (Å²) in [5, 5.41) is 75.5. The number of allylic oxidation sites excluding steroid dienone is 1. The van der Waals surface area contributed by atoms with Crippen molar-refractivity contribution in [2.75, 3.05) is 26.9 Å². The summed E-state index contributed by atoms with van der Waals surface area (Å²) in [7, 11) is 1.00. The van der Waals surface area contributed by atoms with Gasteiger partial charge in [0.1, 0.15) is 28.2 Å². The second-order valence-electron chi connectivity index (χ2n) is 8.94. The second kappa shape index (κ2) is 17.5. The van der Waals surface area contributed by atoms with E-state index in [0.29, 0.717) is 30.9 Å². The number of aromatic hydroxyl groups is 6. The lowest BCUT2D eigenvalue weighted by atomic mass is 10.0. The van der Waals surface area contributed by atoms with E-state index in [1.165, 1.54) is 48.6 Å². The Kier molecular flexibility index (Phi) is 13.8. The first-order valence-corrected chi connectivity index (χ1v) is 13.4. The predicted molar refractivity (Wildman–Crippen MR) is 167 cm³/mol. The molecule has 1 amide bonds. The molecule has 0 spiro atoms. The van der Waals surface area contributed by atoms with E-state index in [-0.39, 0.29) is 57.6 Å². The van der Waals surface area contributed by atoms with Gasteiger partial charge in [-0.25, -0.2) is 0 Å². The van der Waals surface area contributed by atoms with E-state index in [0.717, 1.165) is 19.4 Å². The van der Waals surface area contributed by atoms with Crippen LogP contribution in [0, 0.1) is 0 Å². The number of amides is 1. The first-order valence-electron chi connectivity index (χ1n) is 13.4. The van der Waals surface area contributed by atoms with Crippen LogP contribution in [0.25, 0.3) is 28.4 Å². The van der Waals surface area contributed by atoms with Crippen LogP contribution in [-0.2, 0) is 16.0 Å². The van der Waals surface area contributed by atoms with Crippen molar-refractivity contribution in [3.63, 3.8) is 0 Å². The summed E-state index contributed by atoms with van der Waals surface area (Å²) in [6, 6.07) is 10.4. The fraction of sp³-hybridized carbons (Fsp3) is 0.188. The standard InChI is InChI=1S/C18H14O7.C13H17NO4.CH4O/c19-5-1-2-11-17(24)16-14(23)7-10(20)8-15(16)25-18(11)9-3-4-12(21)13(22)6-9;1-2-18-8-7-14-13(17)6-4-10-3-5-11(15)12(16)9-10;1-2/h1,3-8,19-23H,2H2;3-6,9,15-16H,2,7-8H2,1H3,(H,14,17);2H,1H3/b5-1+;6-4+;. The Hall–Kier alpha value is -5.66. The third kappa shape index (κ3) is 9.95. The average molecular weight is 626 g/mol. The third-order valence-electron chi connectivity index (χ3n) is 5.89. The molecule has 0 aliphatic heterocycles. The number of aliphatic hydroxyl groups is 2. The Labute approximate surface area is 257 Å². The number of fused-ring (bicyclic) bond motifs is 1. The number of ether oxygens (including phenoxy) is 1. The number of carbonyl (C=O) groups is 1. The van der Waals surface area contributed by atoms with E-state index in [2.05, 4.69) is 5.32 Å². The van der Waals surface area contributed by atoms with Gasteiger partial charge in [0.2, 0.25) is 11.3 Å². The van der Waals surface area contributed by atoms with E-state index in [4.69, 9.17) is 24.5 Å². The lowest BCUT2D eigenvalue weighted by Crippen LogP contribution is -2.25. The van der Waals surface area contributed by atoms with Crippen molar-refractivity contribution < 1.29 is 54.8 Å². The topological polar surface area (TPSA) is 230 Å². The van der Waals surface area contributed by atoms with Gasteiger partial charge in [0.05, 0.1) is 12.9 Å². The van der Waals surface area contributed by atoms with Crippen LogP contribution in [0.3, 0.4) is 0 Å². The molecule has 9 N–H and O–H groups in total. The molecule has 0 atom stereocenters. The smallest absolute Gasteiger partial charge is 0.244 e. The van der Waals surface area contributed by atoms with Gasteiger partial charge in [-0.05, 0) is 55.0 Å². The zero-order valence-corrected chi connectivity index (χ0v) is 24.5. The highest BCUT2D eigenvalue weighted by Crippen LogP contribution is 2.35. The number of nitrogens with one attached hydrogen (secondary N) is 1. The normalized spacial score (nSPS) is 10.7. The Morgan fingerprint density at radius 3 is 2.18 bits per heavy atom. The summed E-state index contributed by atoms with van der Waals surface area (Å²) < 4.78 is 10.8. The summed E-state index contributed by atoms with van der Waals surface area (Å²) >= 11 is 0. The minimum absolute atomic E-state index is 0.00601. The maximum absolute atomic E-state index is 12.8. The lowest BCUT2D eigenvalue weighted by molar-refractivity contribution is -0.116. The molecule has 0 radical (unpaired) electrons. The van der Waals surface area contributed by atoms with E-state index in [9.17, 15) is 35.1 Å². The molecular formula is C32H35NO12. The van der Waals surface area contributed by atoms with E-state index in [1.54, 1.807) is 12.1 Å². The molecule has 1 heterocycles. The lowest BCUT2D eigenvalue weighted by Gasteiger charge is -2.11. The van der Waals surface area contributed by atoms with Gasteiger partial charge in [-0.15, -0.1) is 0 Å². The summed E-state index contributed by atoms with van der Waals surface area (Å²) in [5.41, 5.74) is 0.480. The van der Waals surface area contributed by atoms with Crippen LogP contribution in [0.4, 0.5) is 0 Å². The number of benzene rings is 3. The van der Waals surface area contributed by atoms with Gasteiger partial charge < -0.3 is 55.3 Å². The second-order valence-corrected chi connectivity index (χ2v) is 8.94. The molecule has 1 aromatic heterocycles. The zero-order chi connectivity index (χ0) is 33.5. The zero-order valence-electron chi connectivity index (χ0n) is 24.5. The van der Waals surface area contributed by atoms with Crippen LogP contribution in [0.5, 0.6) is 34.5 Å². The van der Waals surface area contributed by atoms with Crippen LogP contribution < -0.4 is 10.7 Å². The Balaban J connectivity index is 0.000000313. The molecule has 0 aliphatic carbocycles. The maximum atomic E-state index is 12.8. The van der Waals surface area contributed by atoms with Crippen molar-refractivity contribution in [2.24, 2.45) is 0 Å². The van der Waals surface area contributed by atoms with Crippen LogP contribution in [0.15, 0.2) is 76.2 Å². The molecule has 45 heavy (non-hydrogen) atoms. The molecule has 4 rings (SSSR count). The molecular weight excluding hydrogens is 590 g/mol. The SMILES string of the molecule is CCOCCNC(=O)/C=C/c1ccc(O)c(O)c1.CO.O=c1c(C/C=C/O)c(-c2ccc(O)c(O)c2)oc2cc(O)cc(O)c12. The molecule has 0 saturated heterocycles. The Morgan fingerprint density at radius 2 is 1.56 bits per heavy atom. The molecule has 0 bridgehead atoms. The fourth-order valence-electron chi connectivity index (χ4n) is 3.84. The summed E-state index contributed by atoms with van der Waals surface area (Å²) in [4.78, 5) is 24.1. The average Bonchev–Trinajstić information content (AvgIpc) is 3.01. The van der Waals surface area contributed by atoms with Gasteiger partial charge in [-0.2, -0.15) is 0 Å². The van der Waals surface area contributed by atoms with Crippen molar-refractivity contribution >= 4 is 23.0 Å². The fourth-order valence-corrected chi connectivity index (χ4v) is 3.84. The largest absolute Gasteiger partial charge is 0.516 e. The van der Waals surface area contributed by atoms with Crippen molar-refractivity contribution in [3.05, 3.63) is 88.3 Å². The number of carbonyl (C=O) groups excluding carboxylic acids is 1. The summed E-state index contributed by atoms with van der Waals surface area (Å²) in [6.07, 6.45) is 5.01. The van der Waals surface area contributed by atoms with E-state index in [1.807, 2.05) is 6.92 Å². The minimum Gasteiger partial charge on any atom is -0.516 e. The van der Waals surface area contributed by atoms with Gasteiger partial charge in [0.15, 0.2) is 23.0 Å². The highest BCUT2D eigenvalue weighted by Gasteiger charge is 2.19. The van der Waals surface area contributed by atoms with Crippen LogP contribution in [0.2, 0.25) is 0 Å². The Bertz CT molecular complexity index is 1710. The molecule has 0 saturated carbocycles. The van der Waals surface area contributed by atoms with Gasteiger partial charge in [0.25, 0.3) is 0 Å². The predicted octanol–water partition coefficient (Wildman–Crippen LogP) is 3.77. The molecule has 13 heteroatoms.